The van der Waals surface area contributed by atoms with E-state index in [0.29, 0.717) is 17.5 Å². The van der Waals surface area contributed by atoms with Crippen LogP contribution in [0, 0.1) is 13.8 Å². The molecule has 0 aliphatic heterocycles. The van der Waals surface area contributed by atoms with Crippen molar-refractivity contribution in [2.24, 2.45) is 0 Å². The van der Waals surface area contributed by atoms with Crippen LogP contribution >= 0.6 is 23.1 Å². The second-order valence-electron chi connectivity index (χ2n) is 7.23. The van der Waals surface area contributed by atoms with Gasteiger partial charge in [-0.2, -0.15) is 0 Å². The highest BCUT2D eigenvalue weighted by Gasteiger charge is 2.20. The molecule has 0 unspecified atom stereocenters. The van der Waals surface area contributed by atoms with Crippen molar-refractivity contribution in [2.45, 2.75) is 38.1 Å². The number of furan rings is 1. The minimum Gasteiger partial charge on any atom is -0.469 e. The molecule has 0 spiro atoms. The average molecular weight is 464 g/mol. The summed E-state index contributed by atoms with van der Waals surface area (Å²) in [6.07, 6.45) is 2.67. The fourth-order valence-corrected chi connectivity index (χ4v) is 5.30. The number of thioether (sulfide) groups is 1. The first kappa shape index (κ1) is 20.7. The molecule has 0 atom stereocenters. The molecular weight excluding hydrogens is 442 g/mol. The zero-order valence-electron chi connectivity index (χ0n) is 17.9. The molecule has 0 N–H and O–H groups in total. The molecule has 0 aliphatic rings. The number of benzene rings is 1. The molecule has 9 heteroatoms. The van der Waals surface area contributed by atoms with E-state index >= 15 is 0 Å². The van der Waals surface area contributed by atoms with E-state index in [2.05, 4.69) is 40.3 Å². The number of aryl methyl sites for hydroxylation is 3. The number of hydrogen-bond donors (Lipinski definition) is 0. The second kappa shape index (κ2) is 8.76. The Morgan fingerprint density at radius 1 is 1.03 bits per heavy atom. The van der Waals surface area contributed by atoms with E-state index in [1.165, 1.54) is 22.2 Å². The minimum absolute atomic E-state index is 0.493. The van der Waals surface area contributed by atoms with Crippen molar-refractivity contribution in [3.05, 3.63) is 70.8 Å². The number of hydrogen-bond acceptors (Lipinski definition) is 8. The lowest BCUT2D eigenvalue weighted by Gasteiger charge is -2.09. The van der Waals surface area contributed by atoms with Crippen LogP contribution in [0.5, 0.6) is 0 Å². The molecule has 0 saturated carbocycles. The fourth-order valence-electron chi connectivity index (χ4n) is 3.48. The van der Waals surface area contributed by atoms with Crippen LogP contribution in [-0.2, 0) is 12.2 Å². The number of rotatable bonds is 7. The Morgan fingerprint density at radius 3 is 2.59 bits per heavy atom. The van der Waals surface area contributed by atoms with Gasteiger partial charge >= 0.3 is 0 Å². The van der Waals surface area contributed by atoms with Gasteiger partial charge < -0.3 is 8.83 Å². The van der Waals surface area contributed by atoms with Gasteiger partial charge in [0, 0.05) is 10.6 Å². The lowest BCUT2D eigenvalue weighted by molar-refractivity contribution is 0.529. The van der Waals surface area contributed by atoms with Crippen molar-refractivity contribution in [3.63, 3.8) is 0 Å². The first-order valence-electron chi connectivity index (χ1n) is 10.2. The summed E-state index contributed by atoms with van der Waals surface area (Å²) in [5.41, 5.74) is 3.15. The van der Waals surface area contributed by atoms with Crippen LogP contribution in [0.15, 0.2) is 62.7 Å². The summed E-state index contributed by atoms with van der Waals surface area (Å²) >= 11 is 3.21. The van der Waals surface area contributed by atoms with E-state index in [9.17, 15) is 0 Å². The molecule has 162 valence electrons. The van der Waals surface area contributed by atoms with Crippen LogP contribution in [0.25, 0.3) is 27.8 Å². The standard InChI is InChI=1S/C23H21N5O2S2/c1-4-18-14(2)12-19(32-18)22-26-24-20(30-22)13-31-23-27-25-21(17-10-11-29-15(17)3)28(23)16-8-6-5-7-9-16/h5-12H,4,13H2,1-3H3. The largest absolute Gasteiger partial charge is 0.469 e. The Balaban J connectivity index is 1.42. The Hall–Kier alpha value is -3.17. The lowest BCUT2D eigenvalue weighted by atomic mass is 10.2. The van der Waals surface area contributed by atoms with Gasteiger partial charge in [-0.3, -0.25) is 4.57 Å². The molecule has 0 fully saturated rings. The van der Waals surface area contributed by atoms with E-state index in [1.54, 1.807) is 17.6 Å². The molecule has 0 saturated heterocycles. The highest BCUT2D eigenvalue weighted by molar-refractivity contribution is 7.98. The van der Waals surface area contributed by atoms with Gasteiger partial charge in [0.1, 0.15) is 5.76 Å². The first-order chi connectivity index (χ1) is 15.6. The van der Waals surface area contributed by atoms with Crippen LogP contribution < -0.4 is 0 Å². The summed E-state index contributed by atoms with van der Waals surface area (Å²) in [6.45, 7) is 6.19. The SMILES string of the molecule is CCc1sc(-c2nnc(CSc3nnc(-c4ccoc4C)n3-c3ccccc3)o2)cc1C. The van der Waals surface area contributed by atoms with Gasteiger partial charge in [0.2, 0.25) is 5.89 Å². The van der Waals surface area contributed by atoms with Crippen molar-refractivity contribution in [1.82, 2.24) is 25.0 Å². The summed E-state index contributed by atoms with van der Waals surface area (Å²) in [5.74, 6) is 3.14. The maximum atomic E-state index is 5.94. The molecule has 0 bridgehead atoms. The number of para-hydroxylation sites is 1. The predicted octanol–water partition coefficient (Wildman–Crippen LogP) is 6.11. The molecule has 0 aliphatic carbocycles. The Kier molecular flexibility index (Phi) is 5.67. The third-order valence-electron chi connectivity index (χ3n) is 5.09. The van der Waals surface area contributed by atoms with Crippen LogP contribution in [0.4, 0.5) is 0 Å². The summed E-state index contributed by atoms with van der Waals surface area (Å²) in [4.78, 5) is 2.35. The summed E-state index contributed by atoms with van der Waals surface area (Å²) < 4.78 is 13.5. The van der Waals surface area contributed by atoms with Gasteiger partial charge in [-0.05, 0) is 50.1 Å². The molecule has 0 radical (unpaired) electrons. The average Bonchev–Trinajstić information content (AvgIpc) is 3.59. The molecule has 32 heavy (non-hydrogen) atoms. The van der Waals surface area contributed by atoms with Gasteiger partial charge in [0.15, 0.2) is 11.0 Å². The smallest absolute Gasteiger partial charge is 0.257 e. The quantitative estimate of drug-likeness (QED) is 0.269. The molecule has 5 rings (SSSR count). The van der Waals surface area contributed by atoms with Crippen molar-refractivity contribution in [2.75, 3.05) is 0 Å². The Bertz CT molecular complexity index is 1350. The summed E-state index contributed by atoms with van der Waals surface area (Å²) in [5, 5.41) is 18.1. The molecular formula is C23H21N5O2S2. The van der Waals surface area contributed by atoms with Gasteiger partial charge in [0.25, 0.3) is 5.89 Å². The van der Waals surface area contributed by atoms with E-state index in [4.69, 9.17) is 8.83 Å². The van der Waals surface area contributed by atoms with Gasteiger partial charge in [-0.25, -0.2) is 0 Å². The van der Waals surface area contributed by atoms with Crippen LogP contribution in [0.3, 0.4) is 0 Å². The Morgan fingerprint density at radius 2 is 1.88 bits per heavy atom. The van der Waals surface area contributed by atoms with Crippen molar-refractivity contribution in [1.29, 1.82) is 0 Å². The molecule has 7 nitrogen and oxygen atoms in total. The van der Waals surface area contributed by atoms with Gasteiger partial charge in [0.05, 0.1) is 22.5 Å². The Labute approximate surface area is 193 Å². The molecule has 1 aromatic carbocycles. The fraction of sp³-hybridized carbons (Fsp3) is 0.217. The van der Waals surface area contributed by atoms with E-state index in [0.717, 1.165) is 39.3 Å². The number of thiophene rings is 1. The molecule has 4 aromatic heterocycles. The first-order valence-corrected chi connectivity index (χ1v) is 12.0. The summed E-state index contributed by atoms with van der Waals surface area (Å²) in [6, 6.07) is 14.1. The highest BCUT2D eigenvalue weighted by atomic mass is 32.2. The molecule has 4 heterocycles. The summed E-state index contributed by atoms with van der Waals surface area (Å²) in [7, 11) is 0. The van der Waals surface area contributed by atoms with Crippen molar-refractivity contribution >= 4 is 23.1 Å². The van der Waals surface area contributed by atoms with Crippen molar-refractivity contribution in [3.8, 4) is 27.8 Å². The maximum absolute atomic E-state index is 5.94. The van der Waals surface area contributed by atoms with Crippen LogP contribution in [-0.4, -0.2) is 25.0 Å². The maximum Gasteiger partial charge on any atom is 0.257 e. The molecule has 5 aromatic rings. The van der Waals surface area contributed by atoms with E-state index < -0.39 is 0 Å². The van der Waals surface area contributed by atoms with Crippen molar-refractivity contribution < 1.29 is 8.83 Å². The monoisotopic (exact) mass is 463 g/mol. The zero-order chi connectivity index (χ0) is 22.1. The van der Waals surface area contributed by atoms with Crippen LogP contribution in [0.1, 0.15) is 29.0 Å². The molecule has 0 amide bonds. The normalized spacial score (nSPS) is 11.3. The highest BCUT2D eigenvalue weighted by Crippen LogP contribution is 2.33. The van der Waals surface area contributed by atoms with Crippen LogP contribution in [0.2, 0.25) is 0 Å². The van der Waals surface area contributed by atoms with Gasteiger partial charge in [-0.1, -0.05) is 36.9 Å². The topological polar surface area (TPSA) is 82.8 Å². The lowest BCUT2D eigenvalue weighted by Crippen LogP contribution is -1.99. The van der Waals surface area contributed by atoms with E-state index in [-0.39, 0.29) is 0 Å². The van der Waals surface area contributed by atoms with Gasteiger partial charge in [-0.15, -0.1) is 31.7 Å². The second-order valence-corrected chi connectivity index (χ2v) is 9.31. The van der Waals surface area contributed by atoms with E-state index in [1.807, 2.05) is 47.9 Å². The number of nitrogens with zero attached hydrogens (tertiary/aromatic N) is 5. The predicted molar refractivity (Wildman–Crippen MR) is 125 cm³/mol. The third kappa shape index (κ3) is 3.89. The number of aromatic nitrogens is 5. The minimum atomic E-state index is 0.493. The third-order valence-corrected chi connectivity index (χ3v) is 7.37. The zero-order valence-corrected chi connectivity index (χ0v) is 19.5.